The van der Waals surface area contributed by atoms with Crippen LogP contribution in [0, 0.1) is 0 Å². The second kappa shape index (κ2) is 18.6. The van der Waals surface area contributed by atoms with Crippen molar-refractivity contribution in [2.75, 3.05) is 13.1 Å². The first kappa shape index (κ1) is 26.6. The van der Waals surface area contributed by atoms with Crippen LogP contribution in [0.2, 0.25) is 0 Å². The van der Waals surface area contributed by atoms with Crippen LogP contribution in [0.25, 0.3) is 0 Å². The standard InChI is InChI=1S/C24H47O12P/c1-2-3-4-5-6-7-8-9-10-11-12-13-14-18(26)34-15-17(25)16-35-37(32,33)36-24-22(30)20(28)19(27)21(29)23(24)31/h17,19-25,27-31H,2-16H2,1H3,(H,32,33)/t17-,19?,20-,21?,22?,23?,24?/m1/s1/i15D2,16D2,17D. The van der Waals surface area contributed by atoms with Gasteiger partial charge < -0.3 is 40.3 Å². The Morgan fingerprint density at radius 3 is 1.73 bits per heavy atom. The summed E-state index contributed by atoms with van der Waals surface area (Å²) in [5.41, 5.74) is 0. The molecule has 0 bridgehead atoms. The van der Waals surface area contributed by atoms with E-state index in [4.69, 9.17) is 6.85 Å². The number of hydrogen-bond acceptors (Lipinski definition) is 11. The number of hydrogen-bond donors (Lipinski definition) is 7. The number of phosphoric acid groups is 1. The maximum atomic E-state index is 12.4. The van der Waals surface area contributed by atoms with Gasteiger partial charge in [-0.1, -0.05) is 77.6 Å². The van der Waals surface area contributed by atoms with Crippen molar-refractivity contribution in [1.82, 2.24) is 0 Å². The van der Waals surface area contributed by atoms with Crippen molar-refractivity contribution in [2.45, 2.75) is 133 Å². The number of carbonyl (C=O) groups is 1. The molecule has 13 heteroatoms. The topological polar surface area (TPSA) is 203 Å². The molecule has 1 fully saturated rings. The van der Waals surface area contributed by atoms with Crippen LogP contribution < -0.4 is 0 Å². The highest BCUT2D eigenvalue weighted by molar-refractivity contribution is 7.47. The fraction of sp³-hybridized carbons (Fsp3) is 0.958. The summed E-state index contributed by atoms with van der Waals surface area (Å²) in [5.74, 6) is -1.20. The van der Waals surface area contributed by atoms with E-state index in [9.17, 15) is 44.9 Å². The molecule has 0 aliphatic heterocycles. The van der Waals surface area contributed by atoms with E-state index in [0.29, 0.717) is 12.8 Å². The summed E-state index contributed by atoms with van der Waals surface area (Å²) in [4.78, 5) is 22.1. The highest BCUT2D eigenvalue weighted by atomic mass is 31.2. The minimum atomic E-state index is -5.86. The van der Waals surface area contributed by atoms with E-state index in [2.05, 4.69) is 20.7 Å². The number of carbonyl (C=O) groups excluding carboxylic acids is 1. The molecular weight excluding hydrogens is 511 g/mol. The van der Waals surface area contributed by atoms with E-state index in [1.165, 1.54) is 38.5 Å². The van der Waals surface area contributed by atoms with E-state index >= 15 is 0 Å². The Kier molecular flexibility index (Phi) is 13.3. The fourth-order valence-electron chi connectivity index (χ4n) is 3.89. The van der Waals surface area contributed by atoms with Crippen LogP contribution >= 0.6 is 7.82 Å². The molecule has 0 aromatic rings. The number of aliphatic hydroxyl groups excluding tert-OH is 5. The van der Waals surface area contributed by atoms with Crippen molar-refractivity contribution in [3.63, 3.8) is 0 Å². The first-order valence-corrected chi connectivity index (χ1v) is 14.4. The van der Waals surface area contributed by atoms with Gasteiger partial charge in [0.1, 0.15) is 49.3 Å². The van der Waals surface area contributed by atoms with Crippen molar-refractivity contribution >= 4 is 13.8 Å². The first-order valence-electron chi connectivity index (χ1n) is 15.4. The highest BCUT2D eigenvalue weighted by Gasteiger charge is 2.51. The number of rotatable bonds is 20. The lowest BCUT2D eigenvalue weighted by Gasteiger charge is -2.41. The lowest BCUT2D eigenvalue weighted by atomic mass is 9.85. The highest BCUT2D eigenvalue weighted by Crippen LogP contribution is 2.47. The van der Waals surface area contributed by atoms with Gasteiger partial charge in [0.25, 0.3) is 0 Å². The van der Waals surface area contributed by atoms with Gasteiger partial charge in [0.05, 0.1) is 13.4 Å². The Bertz CT molecular complexity index is 852. The summed E-state index contributed by atoms with van der Waals surface area (Å²) < 4.78 is 64.2. The van der Waals surface area contributed by atoms with Crippen LogP contribution in [0.3, 0.4) is 0 Å². The zero-order valence-electron chi connectivity index (χ0n) is 26.3. The van der Waals surface area contributed by atoms with E-state index in [-0.39, 0.29) is 6.42 Å². The number of ether oxygens (including phenoxy) is 1. The van der Waals surface area contributed by atoms with Crippen molar-refractivity contribution in [3.8, 4) is 0 Å². The van der Waals surface area contributed by atoms with Gasteiger partial charge in [-0.05, 0) is 6.42 Å². The summed E-state index contributed by atoms with van der Waals surface area (Å²) in [6.45, 7) is -5.74. The van der Waals surface area contributed by atoms with E-state index in [0.717, 1.165) is 25.7 Å². The smallest absolute Gasteiger partial charge is 0.463 e. The molecule has 0 aromatic heterocycles. The molecule has 0 heterocycles. The van der Waals surface area contributed by atoms with E-state index < -0.39 is 69.6 Å². The normalized spacial score (nSPS) is 32.2. The first-order chi connectivity index (χ1) is 19.3. The van der Waals surface area contributed by atoms with Crippen LogP contribution in [0.4, 0.5) is 0 Å². The molecule has 8 atom stereocenters. The minimum absolute atomic E-state index is 0.299. The molecule has 12 nitrogen and oxygen atoms in total. The zero-order valence-corrected chi connectivity index (χ0v) is 22.2. The molecule has 37 heavy (non-hydrogen) atoms. The van der Waals surface area contributed by atoms with Crippen LogP contribution in [-0.4, -0.2) is 97.3 Å². The quantitative estimate of drug-likeness (QED) is 0.0636. The average Bonchev–Trinajstić information content (AvgIpc) is 2.88. The van der Waals surface area contributed by atoms with Crippen LogP contribution in [0.1, 0.15) is 97.2 Å². The maximum Gasteiger partial charge on any atom is 0.472 e. The maximum absolute atomic E-state index is 12.4. The number of esters is 1. The summed E-state index contributed by atoms with van der Waals surface area (Å²) in [7, 11) is -5.86. The van der Waals surface area contributed by atoms with E-state index in [1.807, 2.05) is 0 Å². The lowest BCUT2D eigenvalue weighted by Crippen LogP contribution is -2.64. The molecule has 0 spiro atoms. The predicted octanol–water partition coefficient (Wildman–Crippen LogP) is 1.30. The van der Waals surface area contributed by atoms with Gasteiger partial charge in [0.2, 0.25) is 0 Å². The molecule has 0 saturated heterocycles. The fourth-order valence-corrected chi connectivity index (χ4v) is 4.69. The molecule has 1 saturated carbocycles. The number of unbranched alkanes of at least 4 members (excludes halogenated alkanes) is 11. The van der Waals surface area contributed by atoms with Gasteiger partial charge in [-0.15, -0.1) is 0 Å². The van der Waals surface area contributed by atoms with Crippen molar-refractivity contribution < 1.29 is 65.5 Å². The van der Waals surface area contributed by atoms with Gasteiger partial charge in [0, 0.05) is 6.42 Å². The molecule has 7 N–H and O–H groups in total. The zero-order chi connectivity index (χ0) is 32.4. The Morgan fingerprint density at radius 2 is 1.24 bits per heavy atom. The SMILES string of the molecule is [2H]C([2H])(OC(=O)CCCCCCCCCCCCCC)[C@@]([2H])(O)C([2H])([2H])OP(=O)(O)OC1C(O)C(O)C(O)[C@@H](O)C1O. The molecule has 0 amide bonds. The van der Waals surface area contributed by atoms with Crippen molar-refractivity contribution in [3.05, 3.63) is 0 Å². The summed E-state index contributed by atoms with van der Waals surface area (Å²) in [6, 6.07) is 0. The van der Waals surface area contributed by atoms with Gasteiger partial charge in [-0.3, -0.25) is 13.8 Å². The average molecular weight is 564 g/mol. The molecule has 6 unspecified atom stereocenters. The van der Waals surface area contributed by atoms with Crippen LogP contribution in [0.15, 0.2) is 0 Å². The van der Waals surface area contributed by atoms with Crippen LogP contribution in [-0.2, 0) is 23.1 Å². The Labute approximate surface area is 226 Å². The third-order valence-corrected chi connectivity index (χ3v) is 6.91. The van der Waals surface area contributed by atoms with Crippen molar-refractivity contribution in [1.29, 1.82) is 0 Å². The summed E-state index contributed by atoms with van der Waals surface area (Å²) in [5, 5.41) is 59.2. The third kappa shape index (κ3) is 13.8. The molecule has 0 aromatic carbocycles. The predicted molar refractivity (Wildman–Crippen MR) is 133 cm³/mol. The number of aliphatic hydroxyl groups is 6. The van der Waals surface area contributed by atoms with E-state index in [1.54, 1.807) is 0 Å². The monoisotopic (exact) mass is 563 g/mol. The van der Waals surface area contributed by atoms with Crippen LogP contribution in [0.5, 0.6) is 0 Å². The molecule has 1 aliphatic carbocycles. The minimum Gasteiger partial charge on any atom is -0.463 e. The van der Waals surface area contributed by atoms with Gasteiger partial charge >= 0.3 is 13.8 Å². The molecule has 0 radical (unpaired) electrons. The molecule has 1 rings (SSSR count). The Morgan fingerprint density at radius 1 is 0.811 bits per heavy atom. The molecule has 220 valence electrons. The Hall–Kier alpha value is -0.660. The summed E-state index contributed by atoms with van der Waals surface area (Å²) in [6.07, 6.45) is -5.46. The Balaban J connectivity index is 2.58. The number of phosphoric ester groups is 1. The summed E-state index contributed by atoms with van der Waals surface area (Å²) >= 11 is 0. The second-order valence-electron chi connectivity index (χ2n) is 9.25. The lowest BCUT2D eigenvalue weighted by molar-refractivity contribution is -0.220. The molecule has 1 aliphatic rings. The van der Waals surface area contributed by atoms with Gasteiger partial charge in [-0.2, -0.15) is 0 Å². The second-order valence-corrected chi connectivity index (χ2v) is 10.6. The van der Waals surface area contributed by atoms with Crippen molar-refractivity contribution in [2.24, 2.45) is 0 Å². The van der Waals surface area contributed by atoms with Gasteiger partial charge in [-0.25, -0.2) is 4.57 Å². The van der Waals surface area contributed by atoms with Gasteiger partial charge in [0.15, 0.2) is 0 Å². The largest absolute Gasteiger partial charge is 0.472 e. The molecular formula is C24H47O12P. The third-order valence-electron chi connectivity index (χ3n) is 6.08.